The summed E-state index contributed by atoms with van der Waals surface area (Å²) in [6.07, 6.45) is 0. The van der Waals surface area contributed by atoms with Gasteiger partial charge in [-0.3, -0.25) is 0 Å². The first kappa shape index (κ1) is 18.7. The van der Waals surface area contributed by atoms with Crippen LogP contribution in [0.4, 0.5) is 0 Å². The maximum atomic E-state index is 13.3. The molecule has 4 aromatic rings. The van der Waals surface area contributed by atoms with Crippen molar-refractivity contribution in [2.75, 3.05) is 7.11 Å². The molecule has 0 saturated carbocycles. The molecule has 0 amide bonds. The zero-order chi connectivity index (χ0) is 20.7. The summed E-state index contributed by atoms with van der Waals surface area (Å²) in [7, 11) is -2.26. The minimum atomic E-state index is -3.80. The lowest BCUT2D eigenvalue weighted by Crippen LogP contribution is -2.31. The maximum absolute atomic E-state index is 13.3. The van der Waals surface area contributed by atoms with Gasteiger partial charge in [-0.1, -0.05) is 48.5 Å². The fourth-order valence-electron chi connectivity index (χ4n) is 3.85. The van der Waals surface area contributed by atoms with Gasteiger partial charge < -0.3 is 9.47 Å². The minimum Gasteiger partial charge on any atom is -0.497 e. The first-order chi connectivity index (χ1) is 14.6. The van der Waals surface area contributed by atoms with Crippen LogP contribution in [0.3, 0.4) is 0 Å². The molecule has 0 aromatic heterocycles. The molecule has 1 aliphatic rings. The van der Waals surface area contributed by atoms with Crippen LogP contribution in [0, 0.1) is 0 Å². The summed E-state index contributed by atoms with van der Waals surface area (Å²) < 4.78 is 40.7. The van der Waals surface area contributed by atoms with Gasteiger partial charge in [-0.25, -0.2) is 8.42 Å². The molecule has 0 saturated heterocycles. The number of rotatable bonds is 4. The first-order valence-electron chi connectivity index (χ1n) is 9.51. The third-order valence-corrected chi connectivity index (χ3v) is 6.75. The summed E-state index contributed by atoms with van der Waals surface area (Å²) in [4.78, 5) is 0.175. The summed E-state index contributed by atoms with van der Waals surface area (Å²) in [5.74, 6) is 1.89. The highest BCUT2D eigenvalue weighted by molar-refractivity contribution is 7.89. The zero-order valence-electron chi connectivity index (χ0n) is 16.2. The van der Waals surface area contributed by atoms with E-state index in [4.69, 9.17) is 9.47 Å². The zero-order valence-corrected chi connectivity index (χ0v) is 17.0. The lowest BCUT2D eigenvalue weighted by Gasteiger charge is -2.30. The van der Waals surface area contributed by atoms with Crippen LogP contribution in [-0.4, -0.2) is 15.5 Å². The van der Waals surface area contributed by atoms with Gasteiger partial charge in [0.05, 0.1) is 18.0 Å². The highest BCUT2D eigenvalue weighted by atomic mass is 32.2. The standard InChI is InChI=1S/C24H19NO4S/c1-28-17-11-13-18(14-12-17)30(26,27)25-24-20-8-4-5-9-21(20)29-22-15-10-16-6-2-3-7-19(16)23(22)24/h2-15,24-25H,1H3. The Balaban J connectivity index is 1.66. The molecule has 1 unspecified atom stereocenters. The predicted molar refractivity (Wildman–Crippen MR) is 116 cm³/mol. The molecule has 6 heteroatoms. The highest BCUT2D eigenvalue weighted by Gasteiger charge is 2.32. The van der Waals surface area contributed by atoms with E-state index in [1.807, 2.05) is 60.7 Å². The smallest absolute Gasteiger partial charge is 0.241 e. The van der Waals surface area contributed by atoms with Gasteiger partial charge in [0.15, 0.2) is 0 Å². The number of nitrogens with one attached hydrogen (secondary N) is 1. The van der Waals surface area contributed by atoms with Crippen LogP contribution in [-0.2, 0) is 10.0 Å². The molecule has 1 heterocycles. The summed E-state index contributed by atoms with van der Waals surface area (Å²) in [6.45, 7) is 0. The van der Waals surface area contributed by atoms with Crippen LogP contribution >= 0.6 is 0 Å². The maximum Gasteiger partial charge on any atom is 0.241 e. The van der Waals surface area contributed by atoms with Crippen LogP contribution in [0.2, 0.25) is 0 Å². The van der Waals surface area contributed by atoms with E-state index in [2.05, 4.69) is 4.72 Å². The normalized spacial score (nSPS) is 15.2. The third-order valence-electron chi connectivity index (χ3n) is 5.31. The van der Waals surface area contributed by atoms with Gasteiger partial charge in [-0.2, -0.15) is 4.72 Å². The quantitative estimate of drug-likeness (QED) is 0.506. The number of fused-ring (bicyclic) bond motifs is 4. The lowest BCUT2D eigenvalue weighted by atomic mass is 9.91. The van der Waals surface area contributed by atoms with Crippen LogP contribution in [0.25, 0.3) is 10.8 Å². The monoisotopic (exact) mass is 417 g/mol. The van der Waals surface area contributed by atoms with Gasteiger partial charge >= 0.3 is 0 Å². The molecule has 0 fully saturated rings. The van der Waals surface area contributed by atoms with Crippen LogP contribution in [0.1, 0.15) is 17.2 Å². The number of sulfonamides is 1. The number of hydrogen-bond acceptors (Lipinski definition) is 4. The Morgan fingerprint density at radius 1 is 0.833 bits per heavy atom. The van der Waals surface area contributed by atoms with Gasteiger partial charge in [0.25, 0.3) is 0 Å². The topological polar surface area (TPSA) is 64.6 Å². The van der Waals surface area contributed by atoms with E-state index in [0.29, 0.717) is 17.2 Å². The average molecular weight is 417 g/mol. The molecule has 0 radical (unpaired) electrons. The molecule has 0 bridgehead atoms. The van der Waals surface area contributed by atoms with E-state index >= 15 is 0 Å². The third kappa shape index (κ3) is 3.10. The second-order valence-corrected chi connectivity index (χ2v) is 8.78. The van der Waals surface area contributed by atoms with E-state index in [9.17, 15) is 8.42 Å². The van der Waals surface area contributed by atoms with Gasteiger partial charge in [-0.15, -0.1) is 0 Å². The fourth-order valence-corrected chi connectivity index (χ4v) is 5.03. The molecular formula is C24H19NO4S. The van der Waals surface area contributed by atoms with Crippen molar-refractivity contribution in [2.24, 2.45) is 0 Å². The molecule has 5 rings (SSSR count). The molecule has 1 aliphatic heterocycles. The fraction of sp³-hybridized carbons (Fsp3) is 0.0833. The van der Waals surface area contributed by atoms with Crippen molar-refractivity contribution in [3.63, 3.8) is 0 Å². The Kier molecular flexibility index (Phi) is 4.46. The summed E-state index contributed by atoms with van der Waals surface area (Å²) in [5.41, 5.74) is 1.59. The van der Waals surface area contributed by atoms with Gasteiger partial charge in [0.2, 0.25) is 10.0 Å². The highest BCUT2D eigenvalue weighted by Crippen LogP contribution is 2.46. The Morgan fingerprint density at radius 2 is 1.57 bits per heavy atom. The number of methoxy groups -OCH3 is 1. The van der Waals surface area contributed by atoms with Gasteiger partial charge in [0, 0.05) is 11.1 Å². The first-order valence-corrected chi connectivity index (χ1v) is 11.0. The summed E-state index contributed by atoms with van der Waals surface area (Å²) in [6, 6.07) is 25.0. The summed E-state index contributed by atoms with van der Waals surface area (Å²) in [5, 5.41) is 1.97. The van der Waals surface area contributed by atoms with Crippen LogP contribution in [0.15, 0.2) is 89.8 Å². The van der Waals surface area contributed by atoms with Crippen molar-refractivity contribution < 1.29 is 17.9 Å². The lowest BCUT2D eigenvalue weighted by molar-refractivity contribution is 0.414. The molecule has 1 atom stereocenters. The van der Waals surface area contributed by atoms with E-state index in [1.165, 1.54) is 12.1 Å². The second kappa shape index (κ2) is 7.16. The van der Waals surface area contributed by atoms with E-state index < -0.39 is 16.1 Å². The van der Waals surface area contributed by atoms with Crippen molar-refractivity contribution in [1.82, 2.24) is 4.72 Å². The SMILES string of the molecule is COc1ccc(S(=O)(=O)NC2c3ccccc3Oc3ccc4ccccc4c32)cc1. The van der Waals surface area contributed by atoms with Crippen molar-refractivity contribution in [2.45, 2.75) is 10.9 Å². The van der Waals surface area contributed by atoms with Gasteiger partial charge in [-0.05, 0) is 47.2 Å². The van der Waals surface area contributed by atoms with E-state index in [1.54, 1.807) is 19.2 Å². The second-order valence-electron chi connectivity index (χ2n) is 7.07. The number of ether oxygens (including phenoxy) is 2. The van der Waals surface area contributed by atoms with E-state index in [-0.39, 0.29) is 4.90 Å². The van der Waals surface area contributed by atoms with Crippen molar-refractivity contribution in [3.05, 3.63) is 96.1 Å². The van der Waals surface area contributed by atoms with E-state index in [0.717, 1.165) is 21.9 Å². The molecule has 4 aromatic carbocycles. The minimum absolute atomic E-state index is 0.175. The van der Waals surface area contributed by atoms with Crippen LogP contribution in [0.5, 0.6) is 17.2 Å². The molecule has 1 N–H and O–H groups in total. The number of para-hydroxylation sites is 1. The number of benzene rings is 4. The Morgan fingerprint density at radius 3 is 2.37 bits per heavy atom. The van der Waals surface area contributed by atoms with Crippen LogP contribution < -0.4 is 14.2 Å². The Bertz CT molecular complexity index is 1350. The molecule has 30 heavy (non-hydrogen) atoms. The van der Waals surface area contributed by atoms with Crippen molar-refractivity contribution in [3.8, 4) is 17.2 Å². The van der Waals surface area contributed by atoms with Gasteiger partial charge in [0.1, 0.15) is 17.2 Å². The largest absolute Gasteiger partial charge is 0.497 e. The molecule has 0 spiro atoms. The average Bonchev–Trinajstić information content (AvgIpc) is 2.78. The summed E-state index contributed by atoms with van der Waals surface area (Å²) >= 11 is 0. The predicted octanol–water partition coefficient (Wildman–Crippen LogP) is 5.02. The Hall–Kier alpha value is -3.35. The molecular weight excluding hydrogens is 398 g/mol. The van der Waals surface area contributed by atoms with Crippen molar-refractivity contribution in [1.29, 1.82) is 0 Å². The molecule has 5 nitrogen and oxygen atoms in total. The van der Waals surface area contributed by atoms with Crippen molar-refractivity contribution >= 4 is 20.8 Å². The molecule has 150 valence electrons. The Labute approximate surface area is 174 Å². The molecule has 0 aliphatic carbocycles. The number of hydrogen-bond donors (Lipinski definition) is 1.